The lowest BCUT2D eigenvalue weighted by Gasteiger charge is -2.10. The third kappa shape index (κ3) is 4.28. The maximum atomic E-state index is 11.5. The Balaban J connectivity index is 2.06. The molecule has 1 saturated heterocycles. The molecule has 1 amide bonds. The van der Waals surface area contributed by atoms with E-state index in [1.807, 2.05) is 0 Å². The standard InChI is InChI=1S/C10H17N3O2/c11-4-2-1-3-5-12-10(15)9-6-8(14)7-13-9/h8-9,13-14H,1-3,5-7H2,(H,12,15). The van der Waals surface area contributed by atoms with Crippen molar-refractivity contribution in [3.63, 3.8) is 0 Å². The summed E-state index contributed by atoms with van der Waals surface area (Å²) in [5.41, 5.74) is 0. The molecule has 1 heterocycles. The Labute approximate surface area is 89.5 Å². The number of hydrogen-bond acceptors (Lipinski definition) is 4. The molecule has 0 saturated carbocycles. The number of amides is 1. The largest absolute Gasteiger partial charge is 0.392 e. The maximum Gasteiger partial charge on any atom is 0.237 e. The molecule has 84 valence electrons. The minimum absolute atomic E-state index is 0.0523. The van der Waals surface area contributed by atoms with Crippen LogP contribution in [0, 0.1) is 11.3 Å². The average Bonchev–Trinajstić information content (AvgIpc) is 2.64. The van der Waals surface area contributed by atoms with E-state index in [-0.39, 0.29) is 11.9 Å². The first-order chi connectivity index (χ1) is 7.24. The smallest absolute Gasteiger partial charge is 0.237 e. The topological polar surface area (TPSA) is 85.2 Å². The van der Waals surface area contributed by atoms with Gasteiger partial charge in [-0.2, -0.15) is 5.26 Å². The second kappa shape index (κ2) is 6.38. The van der Waals surface area contributed by atoms with Crippen LogP contribution in [0.25, 0.3) is 0 Å². The monoisotopic (exact) mass is 211 g/mol. The molecule has 2 atom stereocenters. The van der Waals surface area contributed by atoms with Gasteiger partial charge in [0.05, 0.1) is 18.2 Å². The highest BCUT2D eigenvalue weighted by atomic mass is 16.3. The molecular formula is C10H17N3O2. The molecule has 0 aromatic heterocycles. The normalized spacial score (nSPS) is 24.8. The maximum absolute atomic E-state index is 11.5. The molecule has 0 bridgehead atoms. The lowest BCUT2D eigenvalue weighted by molar-refractivity contribution is -0.122. The summed E-state index contributed by atoms with van der Waals surface area (Å²) in [5.74, 6) is -0.0523. The van der Waals surface area contributed by atoms with Gasteiger partial charge in [-0.1, -0.05) is 0 Å². The molecule has 5 heteroatoms. The summed E-state index contributed by atoms with van der Waals surface area (Å²) in [6.07, 6.45) is 2.27. The Morgan fingerprint density at radius 3 is 3.00 bits per heavy atom. The van der Waals surface area contributed by atoms with Gasteiger partial charge in [0.15, 0.2) is 0 Å². The molecular weight excluding hydrogens is 194 g/mol. The van der Waals surface area contributed by atoms with Crippen LogP contribution in [0.15, 0.2) is 0 Å². The van der Waals surface area contributed by atoms with Gasteiger partial charge < -0.3 is 15.7 Å². The molecule has 2 unspecified atom stereocenters. The van der Waals surface area contributed by atoms with Gasteiger partial charge in [-0.3, -0.25) is 4.79 Å². The predicted octanol–water partition coefficient (Wildman–Crippen LogP) is -0.481. The molecule has 1 aliphatic rings. The number of nitrogens with one attached hydrogen (secondary N) is 2. The number of aliphatic hydroxyl groups excluding tert-OH is 1. The fourth-order valence-corrected chi connectivity index (χ4v) is 1.58. The van der Waals surface area contributed by atoms with Crippen LogP contribution < -0.4 is 10.6 Å². The molecule has 1 fully saturated rings. The van der Waals surface area contributed by atoms with E-state index in [1.54, 1.807) is 0 Å². The summed E-state index contributed by atoms with van der Waals surface area (Å²) in [5, 5.41) is 23.2. The fraction of sp³-hybridized carbons (Fsp3) is 0.800. The average molecular weight is 211 g/mol. The summed E-state index contributed by atoms with van der Waals surface area (Å²) in [7, 11) is 0. The molecule has 5 nitrogen and oxygen atoms in total. The molecule has 0 aromatic carbocycles. The summed E-state index contributed by atoms with van der Waals surface area (Å²) in [6, 6.07) is 1.80. The Hall–Kier alpha value is -1.12. The van der Waals surface area contributed by atoms with Crippen molar-refractivity contribution >= 4 is 5.91 Å². The molecule has 0 spiro atoms. The second-order valence-electron chi connectivity index (χ2n) is 3.76. The third-order valence-corrected chi connectivity index (χ3v) is 2.44. The number of aliphatic hydroxyl groups is 1. The highest BCUT2D eigenvalue weighted by Gasteiger charge is 2.27. The Kier molecular flexibility index (Phi) is 5.08. The van der Waals surface area contributed by atoms with E-state index < -0.39 is 6.10 Å². The summed E-state index contributed by atoms with van der Waals surface area (Å²) >= 11 is 0. The number of rotatable bonds is 5. The Bertz CT molecular complexity index is 250. The zero-order chi connectivity index (χ0) is 11.1. The van der Waals surface area contributed by atoms with Crippen LogP contribution in [-0.4, -0.2) is 36.2 Å². The van der Waals surface area contributed by atoms with E-state index in [0.717, 1.165) is 12.8 Å². The number of β-amino-alcohol motifs (C(OH)–C–C–N with tert-alkyl or cyclic N) is 1. The zero-order valence-electron chi connectivity index (χ0n) is 8.70. The van der Waals surface area contributed by atoms with Gasteiger partial charge in [-0.25, -0.2) is 0 Å². The van der Waals surface area contributed by atoms with E-state index in [1.165, 1.54) is 0 Å². The number of nitriles is 1. The summed E-state index contributed by atoms with van der Waals surface area (Å²) in [6.45, 7) is 1.10. The number of carbonyl (C=O) groups is 1. The minimum atomic E-state index is -0.403. The van der Waals surface area contributed by atoms with Crippen LogP contribution in [0.2, 0.25) is 0 Å². The third-order valence-electron chi connectivity index (χ3n) is 2.44. The molecule has 0 aromatic rings. The minimum Gasteiger partial charge on any atom is -0.392 e. The predicted molar refractivity (Wildman–Crippen MR) is 54.9 cm³/mol. The first-order valence-electron chi connectivity index (χ1n) is 5.30. The van der Waals surface area contributed by atoms with Gasteiger partial charge in [0.25, 0.3) is 0 Å². The number of nitrogens with zero attached hydrogens (tertiary/aromatic N) is 1. The number of unbranched alkanes of at least 4 members (excludes halogenated alkanes) is 2. The first kappa shape index (κ1) is 12.0. The lowest BCUT2D eigenvalue weighted by atomic mass is 10.2. The van der Waals surface area contributed by atoms with Gasteiger partial charge in [-0.05, 0) is 19.3 Å². The van der Waals surface area contributed by atoms with Gasteiger partial charge in [-0.15, -0.1) is 0 Å². The van der Waals surface area contributed by atoms with Crippen molar-refractivity contribution in [3.05, 3.63) is 0 Å². The van der Waals surface area contributed by atoms with Crippen molar-refractivity contribution in [2.24, 2.45) is 0 Å². The molecule has 1 aliphatic heterocycles. The van der Waals surface area contributed by atoms with Crippen molar-refractivity contribution in [1.82, 2.24) is 10.6 Å². The van der Waals surface area contributed by atoms with E-state index in [4.69, 9.17) is 5.26 Å². The van der Waals surface area contributed by atoms with Crippen LogP contribution in [0.5, 0.6) is 0 Å². The first-order valence-corrected chi connectivity index (χ1v) is 5.30. The van der Waals surface area contributed by atoms with Gasteiger partial charge in [0.1, 0.15) is 0 Å². The SMILES string of the molecule is N#CCCCCNC(=O)C1CC(O)CN1. The molecule has 1 rings (SSSR count). The Morgan fingerprint density at radius 2 is 2.40 bits per heavy atom. The lowest BCUT2D eigenvalue weighted by Crippen LogP contribution is -2.40. The van der Waals surface area contributed by atoms with Crippen LogP contribution in [0.3, 0.4) is 0 Å². The quantitative estimate of drug-likeness (QED) is 0.536. The highest BCUT2D eigenvalue weighted by Crippen LogP contribution is 2.05. The van der Waals surface area contributed by atoms with Gasteiger partial charge in [0.2, 0.25) is 5.91 Å². The Morgan fingerprint density at radius 1 is 1.60 bits per heavy atom. The van der Waals surface area contributed by atoms with Gasteiger partial charge in [0, 0.05) is 19.5 Å². The summed E-state index contributed by atoms with van der Waals surface area (Å²) < 4.78 is 0. The summed E-state index contributed by atoms with van der Waals surface area (Å²) in [4.78, 5) is 11.5. The molecule has 3 N–H and O–H groups in total. The van der Waals surface area contributed by atoms with Crippen molar-refractivity contribution in [3.8, 4) is 6.07 Å². The fourth-order valence-electron chi connectivity index (χ4n) is 1.58. The van der Waals surface area contributed by atoms with E-state index in [0.29, 0.717) is 25.9 Å². The van der Waals surface area contributed by atoms with E-state index >= 15 is 0 Å². The van der Waals surface area contributed by atoms with Crippen molar-refractivity contribution in [2.45, 2.75) is 37.8 Å². The molecule has 0 radical (unpaired) electrons. The number of carbonyl (C=O) groups excluding carboxylic acids is 1. The second-order valence-corrected chi connectivity index (χ2v) is 3.76. The van der Waals surface area contributed by atoms with Crippen LogP contribution in [0.1, 0.15) is 25.7 Å². The van der Waals surface area contributed by atoms with Crippen molar-refractivity contribution < 1.29 is 9.90 Å². The van der Waals surface area contributed by atoms with Crippen LogP contribution in [0.4, 0.5) is 0 Å². The van der Waals surface area contributed by atoms with Gasteiger partial charge >= 0.3 is 0 Å². The molecule has 0 aliphatic carbocycles. The van der Waals surface area contributed by atoms with E-state index in [9.17, 15) is 9.90 Å². The van der Waals surface area contributed by atoms with Crippen LogP contribution in [-0.2, 0) is 4.79 Å². The zero-order valence-corrected chi connectivity index (χ0v) is 8.70. The number of hydrogen-bond donors (Lipinski definition) is 3. The van der Waals surface area contributed by atoms with Crippen molar-refractivity contribution in [1.29, 1.82) is 5.26 Å². The van der Waals surface area contributed by atoms with Crippen molar-refractivity contribution in [2.75, 3.05) is 13.1 Å². The highest BCUT2D eigenvalue weighted by molar-refractivity contribution is 5.82. The van der Waals surface area contributed by atoms with Crippen LogP contribution >= 0.6 is 0 Å². The van der Waals surface area contributed by atoms with E-state index in [2.05, 4.69) is 16.7 Å². The molecule has 15 heavy (non-hydrogen) atoms.